The van der Waals surface area contributed by atoms with Crippen molar-refractivity contribution in [3.63, 3.8) is 0 Å². The molecule has 1 aromatic carbocycles. The van der Waals surface area contributed by atoms with Crippen LogP contribution in [0.2, 0.25) is 0 Å². The number of para-hydroxylation sites is 1. The van der Waals surface area contributed by atoms with Crippen LogP contribution in [0.5, 0.6) is 5.75 Å². The van der Waals surface area contributed by atoms with Crippen LogP contribution < -0.4 is 0 Å². The molecule has 5 rings (SSSR count). The van der Waals surface area contributed by atoms with E-state index in [-0.39, 0.29) is 36.2 Å². The minimum atomic E-state index is -1.41. The van der Waals surface area contributed by atoms with E-state index in [2.05, 4.69) is 5.16 Å². The molecule has 0 bridgehead atoms. The van der Waals surface area contributed by atoms with Crippen molar-refractivity contribution in [3.05, 3.63) is 29.8 Å². The minimum absolute atomic E-state index is 0.0114. The molecular formula is C23H29N3O4. The van der Waals surface area contributed by atoms with Crippen molar-refractivity contribution < 1.29 is 19.5 Å². The number of carbonyl (C=O) groups is 2. The number of imide groups is 1. The van der Waals surface area contributed by atoms with Crippen LogP contribution in [0.3, 0.4) is 0 Å². The fourth-order valence-corrected chi connectivity index (χ4v) is 5.63. The summed E-state index contributed by atoms with van der Waals surface area (Å²) in [4.78, 5) is 36.5. The number of carbonyl (C=O) groups excluding carboxylic acids is 2. The summed E-state index contributed by atoms with van der Waals surface area (Å²) in [7, 11) is 0. The maximum Gasteiger partial charge on any atom is 0.330 e. The number of nitrogens with zero attached hydrogens (tertiary/aromatic N) is 3. The van der Waals surface area contributed by atoms with Crippen molar-refractivity contribution in [3.8, 4) is 5.75 Å². The number of hydrogen-bond donors (Lipinski definition) is 1. The van der Waals surface area contributed by atoms with E-state index in [4.69, 9.17) is 4.84 Å². The van der Waals surface area contributed by atoms with E-state index in [9.17, 15) is 14.7 Å². The van der Waals surface area contributed by atoms with Gasteiger partial charge in [0.1, 0.15) is 5.75 Å². The second-order valence-corrected chi connectivity index (χ2v) is 9.02. The highest BCUT2D eigenvalue weighted by molar-refractivity contribution is 6.13. The molecule has 1 saturated heterocycles. The fourth-order valence-electron chi connectivity index (χ4n) is 5.63. The van der Waals surface area contributed by atoms with Gasteiger partial charge in [-0.3, -0.25) is 14.6 Å². The Bertz CT molecular complexity index is 873. The summed E-state index contributed by atoms with van der Waals surface area (Å²) >= 11 is 0. The van der Waals surface area contributed by atoms with E-state index in [0.717, 1.165) is 64.2 Å². The average Bonchev–Trinajstić information content (AvgIpc) is 3.30. The zero-order valence-electron chi connectivity index (χ0n) is 17.3. The fraction of sp³-hybridized carbons (Fsp3) is 0.609. The molecule has 2 aliphatic carbocycles. The number of oxime groups is 1. The first-order valence-corrected chi connectivity index (χ1v) is 11.3. The van der Waals surface area contributed by atoms with E-state index in [1.165, 1.54) is 4.90 Å². The van der Waals surface area contributed by atoms with Crippen molar-refractivity contribution in [2.75, 3.05) is 0 Å². The minimum Gasteiger partial charge on any atom is -0.507 e. The normalized spacial score (nSPS) is 28.3. The number of benzene rings is 1. The Labute approximate surface area is 176 Å². The highest BCUT2D eigenvalue weighted by Gasteiger charge is 2.65. The lowest BCUT2D eigenvalue weighted by Gasteiger charge is -2.37. The van der Waals surface area contributed by atoms with E-state index >= 15 is 0 Å². The van der Waals surface area contributed by atoms with Gasteiger partial charge in [-0.2, -0.15) is 0 Å². The van der Waals surface area contributed by atoms with Gasteiger partial charge in [-0.25, -0.2) is 4.79 Å². The molecule has 2 heterocycles. The summed E-state index contributed by atoms with van der Waals surface area (Å²) in [5.74, 6) is -0.179. The van der Waals surface area contributed by atoms with Crippen LogP contribution in [-0.4, -0.2) is 50.4 Å². The highest BCUT2D eigenvalue weighted by Crippen LogP contribution is 2.44. The molecular weight excluding hydrogens is 382 g/mol. The third-order valence-corrected chi connectivity index (χ3v) is 7.16. The third-order valence-electron chi connectivity index (χ3n) is 7.16. The Morgan fingerprint density at radius 3 is 2.23 bits per heavy atom. The van der Waals surface area contributed by atoms with Gasteiger partial charge in [-0.15, -0.1) is 0 Å². The maximum absolute atomic E-state index is 13.8. The summed E-state index contributed by atoms with van der Waals surface area (Å²) in [6.45, 7) is 0. The number of phenolic OH excluding ortho intramolecular Hbond substituents is 1. The monoisotopic (exact) mass is 411 g/mol. The van der Waals surface area contributed by atoms with E-state index < -0.39 is 5.72 Å². The average molecular weight is 412 g/mol. The van der Waals surface area contributed by atoms with Gasteiger partial charge < -0.3 is 9.94 Å². The maximum atomic E-state index is 13.8. The molecule has 4 aliphatic rings. The molecule has 160 valence electrons. The van der Waals surface area contributed by atoms with Crippen molar-refractivity contribution >= 4 is 17.6 Å². The molecule has 3 fully saturated rings. The Morgan fingerprint density at radius 1 is 0.933 bits per heavy atom. The number of amides is 3. The second-order valence-electron chi connectivity index (χ2n) is 9.02. The molecule has 7 heteroatoms. The third kappa shape index (κ3) is 2.97. The summed E-state index contributed by atoms with van der Waals surface area (Å²) in [6.07, 6.45) is 10.2. The molecule has 7 nitrogen and oxygen atoms in total. The lowest BCUT2D eigenvalue weighted by Crippen LogP contribution is -2.54. The van der Waals surface area contributed by atoms with Crippen molar-refractivity contribution in [2.24, 2.45) is 5.16 Å². The zero-order valence-corrected chi connectivity index (χ0v) is 17.3. The lowest BCUT2D eigenvalue weighted by molar-refractivity contribution is -0.165. The number of aromatic hydroxyl groups is 1. The van der Waals surface area contributed by atoms with Gasteiger partial charge in [0.2, 0.25) is 0 Å². The topological polar surface area (TPSA) is 82.4 Å². The molecule has 1 unspecified atom stereocenters. The van der Waals surface area contributed by atoms with Crippen molar-refractivity contribution in [1.82, 2.24) is 9.80 Å². The first-order chi connectivity index (χ1) is 14.6. The van der Waals surface area contributed by atoms with Crippen LogP contribution in [0, 0.1) is 0 Å². The molecule has 1 N–H and O–H groups in total. The smallest absolute Gasteiger partial charge is 0.330 e. The van der Waals surface area contributed by atoms with Crippen LogP contribution >= 0.6 is 0 Å². The van der Waals surface area contributed by atoms with Crippen LogP contribution in [0.25, 0.3) is 0 Å². The Morgan fingerprint density at radius 2 is 1.57 bits per heavy atom. The summed E-state index contributed by atoms with van der Waals surface area (Å²) in [5.41, 5.74) is -0.344. The van der Waals surface area contributed by atoms with Crippen molar-refractivity contribution in [2.45, 2.75) is 88.4 Å². The van der Waals surface area contributed by atoms with Crippen LogP contribution in [0.4, 0.5) is 4.79 Å². The molecule has 1 aromatic rings. The predicted molar refractivity (Wildman–Crippen MR) is 111 cm³/mol. The number of hydrogen-bond acceptors (Lipinski definition) is 5. The van der Waals surface area contributed by atoms with Gasteiger partial charge in [0.15, 0.2) is 0 Å². The van der Waals surface area contributed by atoms with Gasteiger partial charge in [-0.1, -0.05) is 55.8 Å². The largest absolute Gasteiger partial charge is 0.507 e. The summed E-state index contributed by atoms with van der Waals surface area (Å²) < 4.78 is 0. The van der Waals surface area contributed by atoms with Gasteiger partial charge in [0.25, 0.3) is 11.6 Å². The van der Waals surface area contributed by atoms with Crippen LogP contribution in [0.15, 0.2) is 29.4 Å². The van der Waals surface area contributed by atoms with Gasteiger partial charge in [0.05, 0.1) is 12.1 Å². The number of urea groups is 1. The van der Waals surface area contributed by atoms with Crippen molar-refractivity contribution in [1.29, 1.82) is 0 Å². The van der Waals surface area contributed by atoms with Gasteiger partial charge >= 0.3 is 6.03 Å². The standard InChI is InChI=1S/C23H29N3O4/c27-20-14-8-7-13-18(20)19-15-23(30-24-19)21(28)25(16-9-3-1-4-10-16)22(29)26(23)17-11-5-2-6-12-17/h7-8,13-14,16-17,27H,1-6,9-12,15H2. The second kappa shape index (κ2) is 7.60. The molecule has 30 heavy (non-hydrogen) atoms. The SMILES string of the molecule is O=C1N(C2CCCCC2)C(=O)C2(CC(c3ccccc3O)=NO2)N1C1CCCCC1. The molecule has 2 aliphatic heterocycles. The molecule has 0 radical (unpaired) electrons. The molecule has 1 atom stereocenters. The molecule has 3 amide bonds. The van der Waals surface area contributed by atoms with Crippen LogP contribution in [-0.2, 0) is 9.63 Å². The quantitative estimate of drug-likeness (QED) is 0.758. The van der Waals surface area contributed by atoms with Gasteiger partial charge in [0, 0.05) is 17.6 Å². The Hall–Kier alpha value is -2.57. The van der Waals surface area contributed by atoms with E-state index in [0.29, 0.717) is 11.3 Å². The Kier molecular flexibility index (Phi) is 4.91. The lowest BCUT2D eigenvalue weighted by atomic mass is 9.91. The zero-order chi connectivity index (χ0) is 20.7. The first-order valence-electron chi connectivity index (χ1n) is 11.3. The number of rotatable bonds is 3. The number of phenols is 1. The highest BCUT2D eigenvalue weighted by atomic mass is 16.7. The van der Waals surface area contributed by atoms with E-state index in [1.54, 1.807) is 23.1 Å². The molecule has 2 saturated carbocycles. The first kappa shape index (κ1) is 19.4. The van der Waals surface area contributed by atoms with Gasteiger partial charge in [-0.05, 0) is 37.8 Å². The molecule has 1 spiro atoms. The summed E-state index contributed by atoms with van der Waals surface area (Å²) in [6, 6.07) is 6.64. The predicted octanol–water partition coefficient (Wildman–Crippen LogP) is 4.14. The molecule has 0 aromatic heterocycles. The summed E-state index contributed by atoms with van der Waals surface area (Å²) in [5, 5.41) is 14.5. The van der Waals surface area contributed by atoms with E-state index in [1.807, 2.05) is 6.07 Å². The Balaban J connectivity index is 1.50. The van der Waals surface area contributed by atoms with Crippen LogP contribution in [0.1, 0.15) is 76.2 Å².